The molecule has 5 heteroatoms. The number of hydrogen-bond donors (Lipinski definition) is 0. The summed E-state index contributed by atoms with van der Waals surface area (Å²) in [5.41, 5.74) is 2.02. The molecule has 0 amide bonds. The third kappa shape index (κ3) is 15.3. The molecule has 39 heavy (non-hydrogen) atoms. The van der Waals surface area contributed by atoms with E-state index in [4.69, 9.17) is 0 Å². The molecular weight excluding hydrogens is 528 g/mol. The average Bonchev–Trinajstić information content (AvgIpc) is 2.90. The molecule has 2 rings (SSSR count). The third-order valence-corrected chi connectivity index (χ3v) is 8.99. The topological polar surface area (TPSA) is 57.2 Å². The largest absolute Gasteiger partial charge is 1.00 e. The monoisotopic (exact) mass is 582 g/mol. The van der Waals surface area contributed by atoms with Gasteiger partial charge in [0.1, 0.15) is 10.1 Å². The van der Waals surface area contributed by atoms with Gasteiger partial charge in [0.2, 0.25) is 0 Å². The standard InChI is InChI=1S/C34H56O3S.K/c1-3-5-7-9-11-13-15-17-19-21-24-30-25-23-27-32-31(30)28-29-34(38(35,36)37)33(32)26-22-20-18-16-14-12-10-8-6-4-2;/h23,25,27-29H,3-22,24,26H2,1-2H3,(H,35,36,37);/q;+1/p-1. The van der Waals surface area contributed by atoms with E-state index in [2.05, 4.69) is 19.9 Å². The van der Waals surface area contributed by atoms with Crippen LogP contribution in [0.3, 0.4) is 0 Å². The zero-order chi connectivity index (χ0) is 27.5. The molecule has 0 fully saturated rings. The summed E-state index contributed by atoms with van der Waals surface area (Å²) in [6.07, 6.45) is 27.2. The number of rotatable bonds is 23. The molecule has 0 spiro atoms. The molecule has 2 aromatic rings. The molecule has 0 aliphatic rings. The van der Waals surface area contributed by atoms with Crippen molar-refractivity contribution in [2.24, 2.45) is 0 Å². The van der Waals surface area contributed by atoms with Gasteiger partial charge in [-0.15, -0.1) is 0 Å². The summed E-state index contributed by atoms with van der Waals surface area (Å²) in [7, 11) is -4.49. The van der Waals surface area contributed by atoms with Gasteiger partial charge >= 0.3 is 51.4 Å². The van der Waals surface area contributed by atoms with E-state index in [0.717, 1.165) is 42.0 Å². The molecule has 0 N–H and O–H groups in total. The van der Waals surface area contributed by atoms with E-state index in [-0.39, 0.29) is 56.3 Å². The number of fused-ring (bicyclic) bond motifs is 1. The maximum atomic E-state index is 12.1. The predicted octanol–water partition coefficient (Wildman–Crippen LogP) is 7.67. The van der Waals surface area contributed by atoms with Crippen LogP contribution in [-0.2, 0) is 23.0 Å². The van der Waals surface area contributed by atoms with Gasteiger partial charge < -0.3 is 4.55 Å². The zero-order valence-electron chi connectivity index (χ0n) is 25.6. The van der Waals surface area contributed by atoms with Crippen molar-refractivity contribution in [2.45, 2.75) is 160 Å². The minimum absolute atomic E-state index is 0. The van der Waals surface area contributed by atoms with Crippen LogP contribution in [0.25, 0.3) is 10.8 Å². The van der Waals surface area contributed by atoms with E-state index in [1.807, 2.05) is 18.2 Å². The molecule has 0 atom stereocenters. The van der Waals surface area contributed by atoms with Crippen molar-refractivity contribution in [3.63, 3.8) is 0 Å². The Morgan fingerprint density at radius 1 is 0.538 bits per heavy atom. The second-order valence-corrected chi connectivity index (χ2v) is 12.7. The van der Waals surface area contributed by atoms with E-state index < -0.39 is 10.1 Å². The summed E-state index contributed by atoms with van der Waals surface area (Å²) < 4.78 is 36.2. The Kier molecular flexibility index (Phi) is 21.8. The fraction of sp³-hybridized carbons (Fsp3) is 0.706. The van der Waals surface area contributed by atoms with Crippen LogP contribution in [0.1, 0.15) is 153 Å². The Balaban J connectivity index is 0.00000760. The van der Waals surface area contributed by atoms with E-state index in [9.17, 15) is 13.0 Å². The van der Waals surface area contributed by atoms with E-state index >= 15 is 0 Å². The van der Waals surface area contributed by atoms with Crippen molar-refractivity contribution in [2.75, 3.05) is 0 Å². The quantitative estimate of drug-likeness (QED) is 0.0767. The second kappa shape index (κ2) is 22.8. The Hall–Kier alpha value is 0.246. The molecule has 2 aromatic carbocycles. The van der Waals surface area contributed by atoms with Crippen molar-refractivity contribution in [3.8, 4) is 0 Å². The first-order chi connectivity index (χ1) is 18.5. The summed E-state index contributed by atoms with van der Waals surface area (Å²) in [5.74, 6) is 0. The van der Waals surface area contributed by atoms with Crippen molar-refractivity contribution >= 4 is 20.9 Å². The minimum Gasteiger partial charge on any atom is -0.744 e. The minimum atomic E-state index is -4.49. The fourth-order valence-corrected chi connectivity index (χ4v) is 6.52. The Morgan fingerprint density at radius 3 is 1.44 bits per heavy atom. The summed E-state index contributed by atoms with van der Waals surface area (Å²) in [4.78, 5) is -0.0167. The number of unbranched alkanes of at least 4 members (excludes halogenated alkanes) is 18. The fourth-order valence-electron chi connectivity index (χ4n) is 5.77. The number of aryl methyl sites for hydroxylation is 2. The van der Waals surface area contributed by atoms with Gasteiger partial charge in [-0.2, -0.15) is 0 Å². The summed E-state index contributed by atoms with van der Waals surface area (Å²) in [6, 6.07) is 9.66. The van der Waals surface area contributed by atoms with Gasteiger partial charge in [0.15, 0.2) is 0 Å². The van der Waals surface area contributed by atoms with Gasteiger partial charge in [-0.1, -0.05) is 154 Å². The van der Waals surface area contributed by atoms with Gasteiger partial charge in [0.05, 0.1) is 4.90 Å². The first-order valence-corrected chi connectivity index (χ1v) is 17.4. The zero-order valence-corrected chi connectivity index (χ0v) is 29.5. The van der Waals surface area contributed by atoms with Gasteiger partial charge in [0, 0.05) is 0 Å². The number of hydrogen-bond acceptors (Lipinski definition) is 3. The molecule has 0 aromatic heterocycles. The normalized spacial score (nSPS) is 11.7. The second-order valence-electron chi connectivity index (χ2n) is 11.4. The molecule has 0 heterocycles. The maximum Gasteiger partial charge on any atom is 1.00 e. The molecule has 0 radical (unpaired) electrons. The van der Waals surface area contributed by atoms with Crippen molar-refractivity contribution in [3.05, 3.63) is 41.5 Å². The van der Waals surface area contributed by atoms with Gasteiger partial charge in [-0.3, -0.25) is 0 Å². The average molecular weight is 583 g/mol. The van der Waals surface area contributed by atoms with Crippen molar-refractivity contribution in [1.29, 1.82) is 0 Å². The molecule has 0 saturated heterocycles. The molecule has 3 nitrogen and oxygen atoms in total. The third-order valence-electron chi connectivity index (χ3n) is 8.07. The number of benzene rings is 2. The summed E-state index contributed by atoms with van der Waals surface area (Å²) in [5, 5.41) is 2.08. The van der Waals surface area contributed by atoms with Crippen LogP contribution < -0.4 is 51.4 Å². The van der Waals surface area contributed by atoms with E-state index in [1.165, 1.54) is 115 Å². The van der Waals surface area contributed by atoms with E-state index in [1.54, 1.807) is 6.07 Å². The first kappa shape index (κ1) is 37.3. The van der Waals surface area contributed by atoms with Gasteiger partial charge in [-0.25, -0.2) is 8.42 Å². The Morgan fingerprint density at radius 2 is 0.974 bits per heavy atom. The van der Waals surface area contributed by atoms with Gasteiger partial charge in [-0.05, 0) is 53.6 Å². The van der Waals surface area contributed by atoms with Crippen molar-refractivity contribution < 1.29 is 64.4 Å². The first-order valence-electron chi connectivity index (χ1n) is 16.0. The SMILES string of the molecule is CCCCCCCCCCCCc1cccc2c(CCCCCCCCCCCC)c(S(=O)(=O)[O-])ccc12.[K+]. The Labute approximate surface area is 283 Å². The van der Waals surface area contributed by atoms with Gasteiger partial charge in [0.25, 0.3) is 0 Å². The molecule has 0 bridgehead atoms. The van der Waals surface area contributed by atoms with E-state index in [0.29, 0.717) is 6.42 Å². The molecule has 0 unspecified atom stereocenters. The van der Waals surface area contributed by atoms with Crippen LogP contribution in [0.15, 0.2) is 35.2 Å². The molecule has 0 aliphatic carbocycles. The van der Waals surface area contributed by atoms with Crippen LogP contribution in [-0.4, -0.2) is 13.0 Å². The smallest absolute Gasteiger partial charge is 0.744 e. The predicted molar refractivity (Wildman–Crippen MR) is 163 cm³/mol. The summed E-state index contributed by atoms with van der Waals surface area (Å²) in [6.45, 7) is 4.51. The van der Waals surface area contributed by atoms with Crippen molar-refractivity contribution in [1.82, 2.24) is 0 Å². The molecule has 0 saturated carbocycles. The molecule has 0 aliphatic heterocycles. The Bertz CT molecular complexity index is 1000. The van der Waals surface area contributed by atoms with Crippen LogP contribution in [0.5, 0.6) is 0 Å². The van der Waals surface area contributed by atoms with Crippen LogP contribution >= 0.6 is 0 Å². The van der Waals surface area contributed by atoms with Crippen LogP contribution in [0.4, 0.5) is 0 Å². The maximum absolute atomic E-state index is 12.1. The van der Waals surface area contributed by atoms with Crippen LogP contribution in [0.2, 0.25) is 0 Å². The molecule has 216 valence electrons. The molecular formula is C34H55KO3S. The van der Waals surface area contributed by atoms with Crippen LogP contribution in [0, 0.1) is 0 Å². The summed E-state index contributed by atoms with van der Waals surface area (Å²) >= 11 is 0.